The monoisotopic (exact) mass is 379 g/mol. The van der Waals surface area contributed by atoms with E-state index in [1.54, 1.807) is 28.0 Å². The number of rotatable bonds is 3. The molecule has 7 heteroatoms. The molecule has 3 aromatic heterocycles. The quantitative estimate of drug-likeness (QED) is 0.523. The van der Waals surface area contributed by atoms with Crippen LogP contribution in [0.25, 0.3) is 17.0 Å². The Balaban J connectivity index is 1.59. The van der Waals surface area contributed by atoms with Gasteiger partial charge < -0.3 is 4.90 Å². The molecular weight excluding hydrogens is 361 g/mol. The molecular formula is C20H18FN5S. The van der Waals surface area contributed by atoms with Gasteiger partial charge in [-0.05, 0) is 53.6 Å². The second-order valence-corrected chi connectivity index (χ2v) is 7.74. The molecule has 0 aliphatic carbocycles. The maximum atomic E-state index is 13.8. The molecule has 1 aromatic carbocycles. The van der Waals surface area contributed by atoms with Crippen molar-refractivity contribution in [3.05, 3.63) is 64.6 Å². The van der Waals surface area contributed by atoms with Crippen LogP contribution in [0.15, 0.2) is 53.2 Å². The molecule has 1 aliphatic heterocycles. The van der Waals surface area contributed by atoms with Crippen LogP contribution in [0, 0.1) is 11.7 Å². The van der Waals surface area contributed by atoms with Crippen molar-refractivity contribution in [1.29, 1.82) is 0 Å². The fourth-order valence-corrected chi connectivity index (χ4v) is 4.54. The molecule has 0 spiro atoms. The predicted octanol–water partition coefficient (Wildman–Crippen LogP) is 4.58. The van der Waals surface area contributed by atoms with Gasteiger partial charge in [0.25, 0.3) is 0 Å². The first kappa shape index (κ1) is 16.4. The minimum absolute atomic E-state index is 0.103. The standard InChI is InChI=1S/C20H18FN5S/c1-13-7-9-25(19(13)14-3-2-4-16(21)11-14)18-6-5-17-22-23-20(26(17)24-18)15-8-10-27-12-15/h2-6,8,10-13,19H,7,9H2,1H3. The molecule has 0 radical (unpaired) electrons. The molecule has 5 rings (SSSR count). The van der Waals surface area contributed by atoms with Crippen LogP contribution in [0.3, 0.4) is 0 Å². The zero-order valence-electron chi connectivity index (χ0n) is 14.8. The summed E-state index contributed by atoms with van der Waals surface area (Å²) < 4.78 is 15.6. The zero-order valence-corrected chi connectivity index (χ0v) is 15.6. The molecule has 0 N–H and O–H groups in total. The maximum Gasteiger partial charge on any atom is 0.186 e. The minimum Gasteiger partial charge on any atom is -0.348 e. The van der Waals surface area contributed by atoms with Gasteiger partial charge in [0.05, 0.1) is 6.04 Å². The number of hydrogen-bond donors (Lipinski definition) is 0. The van der Waals surface area contributed by atoms with E-state index in [9.17, 15) is 4.39 Å². The number of halogens is 1. The van der Waals surface area contributed by atoms with E-state index in [0.717, 1.165) is 41.4 Å². The van der Waals surface area contributed by atoms with E-state index in [-0.39, 0.29) is 11.9 Å². The van der Waals surface area contributed by atoms with E-state index in [1.807, 2.05) is 35.0 Å². The van der Waals surface area contributed by atoms with E-state index in [0.29, 0.717) is 5.92 Å². The van der Waals surface area contributed by atoms with Gasteiger partial charge in [0, 0.05) is 17.5 Å². The van der Waals surface area contributed by atoms with Crippen LogP contribution >= 0.6 is 11.3 Å². The summed E-state index contributed by atoms with van der Waals surface area (Å²) >= 11 is 1.62. The molecule has 1 saturated heterocycles. The lowest BCUT2D eigenvalue weighted by atomic mass is 9.95. The van der Waals surface area contributed by atoms with Crippen LogP contribution in [0.2, 0.25) is 0 Å². The molecule has 2 unspecified atom stereocenters. The summed E-state index contributed by atoms with van der Waals surface area (Å²) in [5, 5.41) is 17.4. The Morgan fingerprint density at radius 1 is 1.15 bits per heavy atom. The topological polar surface area (TPSA) is 46.3 Å². The average molecular weight is 379 g/mol. The van der Waals surface area contributed by atoms with E-state index >= 15 is 0 Å². The lowest BCUT2D eigenvalue weighted by Gasteiger charge is -2.28. The molecule has 0 saturated carbocycles. The van der Waals surface area contributed by atoms with Crippen molar-refractivity contribution < 1.29 is 4.39 Å². The Morgan fingerprint density at radius 2 is 2.07 bits per heavy atom. The van der Waals surface area contributed by atoms with Crippen LogP contribution in [0.4, 0.5) is 10.2 Å². The summed E-state index contributed by atoms with van der Waals surface area (Å²) in [6.45, 7) is 3.10. The molecule has 4 heterocycles. The van der Waals surface area contributed by atoms with Crippen molar-refractivity contribution in [2.75, 3.05) is 11.4 Å². The molecule has 1 fully saturated rings. The van der Waals surface area contributed by atoms with Crippen LogP contribution in [-0.2, 0) is 0 Å². The van der Waals surface area contributed by atoms with Crippen molar-refractivity contribution in [1.82, 2.24) is 19.8 Å². The van der Waals surface area contributed by atoms with Crippen molar-refractivity contribution >= 4 is 22.8 Å². The molecule has 2 atom stereocenters. The third-order valence-electron chi connectivity index (χ3n) is 5.21. The average Bonchev–Trinajstić information content (AvgIpc) is 3.40. The van der Waals surface area contributed by atoms with E-state index in [4.69, 9.17) is 5.10 Å². The third-order valence-corrected chi connectivity index (χ3v) is 5.90. The fourth-order valence-electron chi connectivity index (χ4n) is 3.91. The lowest BCUT2D eigenvalue weighted by molar-refractivity contribution is 0.525. The van der Waals surface area contributed by atoms with Gasteiger partial charge in [-0.1, -0.05) is 19.1 Å². The fraction of sp³-hybridized carbons (Fsp3) is 0.250. The number of anilines is 1. The molecule has 136 valence electrons. The van der Waals surface area contributed by atoms with E-state index < -0.39 is 0 Å². The van der Waals surface area contributed by atoms with Gasteiger partial charge in [-0.3, -0.25) is 0 Å². The molecule has 27 heavy (non-hydrogen) atoms. The van der Waals surface area contributed by atoms with Crippen LogP contribution < -0.4 is 4.90 Å². The summed E-state index contributed by atoms with van der Waals surface area (Å²) in [6, 6.07) is 12.9. The minimum atomic E-state index is -0.200. The van der Waals surface area contributed by atoms with Gasteiger partial charge in [-0.25, -0.2) is 4.39 Å². The Bertz CT molecular complexity index is 1090. The van der Waals surface area contributed by atoms with E-state index in [1.165, 1.54) is 6.07 Å². The Labute approximate surface area is 160 Å². The SMILES string of the molecule is CC1CCN(c2ccc3nnc(-c4ccsc4)n3n2)C1c1cccc(F)c1. The summed E-state index contributed by atoms with van der Waals surface area (Å²) in [7, 11) is 0. The predicted molar refractivity (Wildman–Crippen MR) is 104 cm³/mol. The van der Waals surface area contributed by atoms with Gasteiger partial charge in [0.1, 0.15) is 11.6 Å². The largest absolute Gasteiger partial charge is 0.348 e. The van der Waals surface area contributed by atoms with Crippen molar-refractivity contribution in [2.24, 2.45) is 5.92 Å². The third kappa shape index (κ3) is 2.78. The summed E-state index contributed by atoms with van der Waals surface area (Å²) in [5.74, 6) is 1.81. The number of benzene rings is 1. The van der Waals surface area contributed by atoms with Gasteiger partial charge in [0.2, 0.25) is 0 Å². The first-order valence-corrected chi connectivity index (χ1v) is 9.92. The molecule has 5 nitrogen and oxygen atoms in total. The van der Waals surface area contributed by atoms with Gasteiger partial charge in [0.15, 0.2) is 11.5 Å². The van der Waals surface area contributed by atoms with Gasteiger partial charge in [-0.2, -0.15) is 15.9 Å². The highest BCUT2D eigenvalue weighted by atomic mass is 32.1. The Morgan fingerprint density at radius 3 is 2.89 bits per heavy atom. The van der Waals surface area contributed by atoms with Crippen molar-refractivity contribution in [3.63, 3.8) is 0 Å². The highest BCUT2D eigenvalue weighted by molar-refractivity contribution is 7.08. The molecule has 4 aromatic rings. The molecule has 1 aliphatic rings. The zero-order chi connectivity index (χ0) is 18.4. The van der Waals surface area contributed by atoms with Crippen LogP contribution in [-0.4, -0.2) is 26.4 Å². The number of thiophene rings is 1. The van der Waals surface area contributed by atoms with E-state index in [2.05, 4.69) is 22.0 Å². The molecule has 0 bridgehead atoms. The Hall–Kier alpha value is -2.80. The summed E-state index contributed by atoms with van der Waals surface area (Å²) in [6.07, 6.45) is 1.04. The summed E-state index contributed by atoms with van der Waals surface area (Å²) in [4.78, 5) is 2.26. The van der Waals surface area contributed by atoms with Gasteiger partial charge >= 0.3 is 0 Å². The first-order chi connectivity index (χ1) is 13.2. The highest BCUT2D eigenvalue weighted by Gasteiger charge is 2.33. The second kappa shape index (κ2) is 6.42. The summed E-state index contributed by atoms with van der Waals surface area (Å²) in [5.41, 5.74) is 2.71. The lowest BCUT2D eigenvalue weighted by Crippen LogP contribution is -2.26. The number of fused-ring (bicyclic) bond motifs is 1. The highest BCUT2D eigenvalue weighted by Crippen LogP contribution is 2.39. The number of nitrogens with zero attached hydrogens (tertiary/aromatic N) is 5. The van der Waals surface area contributed by atoms with Crippen LogP contribution in [0.5, 0.6) is 0 Å². The number of hydrogen-bond acceptors (Lipinski definition) is 5. The van der Waals surface area contributed by atoms with Crippen molar-refractivity contribution in [3.8, 4) is 11.4 Å². The van der Waals surface area contributed by atoms with Crippen LogP contribution in [0.1, 0.15) is 24.9 Å². The first-order valence-electron chi connectivity index (χ1n) is 8.98. The normalized spacial score (nSPS) is 19.9. The van der Waals surface area contributed by atoms with Crippen molar-refractivity contribution in [2.45, 2.75) is 19.4 Å². The maximum absolute atomic E-state index is 13.8. The number of aromatic nitrogens is 4. The Kier molecular flexibility index (Phi) is 3.89. The smallest absolute Gasteiger partial charge is 0.186 e. The second-order valence-electron chi connectivity index (χ2n) is 6.96. The van der Waals surface area contributed by atoms with Gasteiger partial charge in [-0.15, -0.1) is 15.3 Å². The molecule has 0 amide bonds.